The van der Waals surface area contributed by atoms with E-state index in [1.54, 1.807) is 22.7 Å². The molecule has 1 aliphatic rings. The van der Waals surface area contributed by atoms with Crippen molar-refractivity contribution in [3.63, 3.8) is 0 Å². The standard InChI is InChI=1S/C51H41N3S2/c1-30-25-39(49-52-43-17-9-13-21-47(43)55-49)32(3)23-37(30)34-27-35(38-24-33(4)40(26-31(38)2)50-53-44-18-10-14-22-48(44)56-50)29-36(28-34)54-45-19-11-7-15-41(45)51(5,6)42-16-8-12-20-46(42)54/h7-29H,1-6H3. The SMILES string of the molecule is Cc1cc(-c2nc3ccccc3s2)c(C)cc1-c1cc(-c2cc(C)c(-c3nc4ccccc4s3)cc2C)cc(N2c3ccccc3C(C)(C)c3ccccc32)c1. The molecule has 3 nitrogen and oxygen atoms in total. The Morgan fingerprint density at radius 3 is 1.30 bits per heavy atom. The van der Waals surface area contributed by atoms with Crippen molar-refractivity contribution in [1.29, 1.82) is 0 Å². The summed E-state index contributed by atoms with van der Waals surface area (Å²) in [6, 6.07) is 51.3. The summed E-state index contributed by atoms with van der Waals surface area (Å²) in [7, 11) is 0. The van der Waals surface area contributed by atoms with Crippen molar-refractivity contribution in [2.75, 3.05) is 4.90 Å². The van der Waals surface area contributed by atoms with Gasteiger partial charge >= 0.3 is 0 Å². The van der Waals surface area contributed by atoms with Gasteiger partial charge in [-0.25, -0.2) is 9.97 Å². The van der Waals surface area contributed by atoms with Crippen LogP contribution >= 0.6 is 22.7 Å². The number of para-hydroxylation sites is 4. The highest BCUT2D eigenvalue weighted by Crippen LogP contribution is 2.53. The van der Waals surface area contributed by atoms with Gasteiger partial charge in [-0.1, -0.05) is 86.6 Å². The molecular weight excluding hydrogens is 719 g/mol. The molecule has 0 spiro atoms. The summed E-state index contributed by atoms with van der Waals surface area (Å²) in [5.41, 5.74) is 20.3. The lowest BCUT2D eigenvalue weighted by Crippen LogP contribution is -2.30. The van der Waals surface area contributed by atoms with Gasteiger partial charge < -0.3 is 4.90 Å². The van der Waals surface area contributed by atoms with E-state index < -0.39 is 0 Å². The van der Waals surface area contributed by atoms with Crippen molar-refractivity contribution in [2.24, 2.45) is 0 Å². The fourth-order valence-electron chi connectivity index (χ4n) is 8.69. The summed E-state index contributed by atoms with van der Waals surface area (Å²) in [6.45, 7) is 13.6. The summed E-state index contributed by atoms with van der Waals surface area (Å²) < 4.78 is 2.43. The molecule has 0 N–H and O–H groups in total. The molecule has 5 heteroatoms. The van der Waals surface area contributed by atoms with Gasteiger partial charge in [-0.2, -0.15) is 0 Å². The van der Waals surface area contributed by atoms with Crippen LogP contribution in [0.1, 0.15) is 47.2 Å². The van der Waals surface area contributed by atoms with Crippen LogP contribution in [0.4, 0.5) is 17.1 Å². The largest absolute Gasteiger partial charge is 0.310 e. The van der Waals surface area contributed by atoms with Crippen molar-refractivity contribution >= 4 is 60.2 Å². The summed E-state index contributed by atoms with van der Waals surface area (Å²) in [6.07, 6.45) is 0. The minimum Gasteiger partial charge on any atom is -0.310 e. The molecule has 0 fully saturated rings. The van der Waals surface area contributed by atoms with E-state index in [1.165, 1.54) is 87.5 Å². The molecule has 272 valence electrons. The molecule has 0 aliphatic carbocycles. The first-order valence-corrected chi connectivity index (χ1v) is 20.9. The van der Waals surface area contributed by atoms with Crippen molar-refractivity contribution < 1.29 is 0 Å². The van der Waals surface area contributed by atoms with Gasteiger partial charge in [-0.3, -0.25) is 0 Å². The Bertz CT molecular complexity index is 2760. The van der Waals surface area contributed by atoms with Crippen LogP contribution in [0.5, 0.6) is 0 Å². The highest BCUT2D eigenvalue weighted by Gasteiger charge is 2.36. The van der Waals surface area contributed by atoms with E-state index in [0.717, 1.165) is 26.7 Å². The maximum Gasteiger partial charge on any atom is 0.124 e. The van der Waals surface area contributed by atoms with Crippen LogP contribution in [-0.2, 0) is 5.41 Å². The van der Waals surface area contributed by atoms with Gasteiger partial charge in [0, 0.05) is 22.2 Å². The van der Waals surface area contributed by atoms with Gasteiger partial charge in [0.1, 0.15) is 10.0 Å². The third-order valence-corrected chi connectivity index (χ3v) is 13.8. The van der Waals surface area contributed by atoms with Crippen LogP contribution in [0.3, 0.4) is 0 Å². The second-order valence-electron chi connectivity index (χ2n) is 15.7. The molecule has 10 rings (SSSR count). The zero-order valence-electron chi connectivity index (χ0n) is 32.4. The Balaban J connectivity index is 1.18. The van der Waals surface area contributed by atoms with Crippen molar-refractivity contribution in [2.45, 2.75) is 47.0 Å². The molecule has 0 bridgehead atoms. The third-order valence-electron chi connectivity index (χ3n) is 11.6. The van der Waals surface area contributed by atoms with Gasteiger partial charge in [-0.15, -0.1) is 22.7 Å². The minimum atomic E-state index is -0.140. The quantitative estimate of drug-likeness (QED) is 0.175. The Labute approximate surface area is 336 Å². The molecular formula is C51H41N3S2. The smallest absolute Gasteiger partial charge is 0.124 e. The van der Waals surface area contributed by atoms with Crippen LogP contribution in [-0.4, -0.2) is 9.97 Å². The van der Waals surface area contributed by atoms with E-state index in [0.29, 0.717) is 0 Å². The summed E-state index contributed by atoms with van der Waals surface area (Å²) in [5, 5.41) is 2.13. The predicted molar refractivity (Wildman–Crippen MR) is 240 cm³/mol. The Morgan fingerprint density at radius 1 is 0.446 bits per heavy atom. The fourth-order valence-corrected chi connectivity index (χ4v) is 10.8. The second kappa shape index (κ2) is 13.1. The zero-order chi connectivity index (χ0) is 38.3. The molecule has 7 aromatic carbocycles. The molecule has 0 saturated carbocycles. The van der Waals surface area contributed by atoms with Gasteiger partial charge in [0.25, 0.3) is 0 Å². The molecule has 0 amide bonds. The Morgan fingerprint density at radius 2 is 0.839 bits per heavy atom. The van der Waals surface area contributed by atoms with Crippen molar-refractivity contribution in [3.05, 3.63) is 173 Å². The summed E-state index contributed by atoms with van der Waals surface area (Å²) in [4.78, 5) is 12.6. The lowest BCUT2D eigenvalue weighted by molar-refractivity contribution is 0.632. The number of hydrogen-bond acceptors (Lipinski definition) is 5. The first-order chi connectivity index (χ1) is 27.1. The van der Waals surface area contributed by atoms with E-state index in [4.69, 9.17) is 9.97 Å². The highest BCUT2D eigenvalue weighted by atomic mass is 32.1. The number of benzene rings is 7. The predicted octanol–water partition coefficient (Wildman–Crippen LogP) is 14.9. The third kappa shape index (κ3) is 5.60. The maximum absolute atomic E-state index is 5.04. The van der Waals surface area contributed by atoms with Crippen LogP contribution in [0.2, 0.25) is 0 Å². The topological polar surface area (TPSA) is 29.0 Å². The van der Waals surface area contributed by atoms with Crippen molar-refractivity contribution in [3.8, 4) is 43.4 Å². The monoisotopic (exact) mass is 759 g/mol. The lowest BCUT2D eigenvalue weighted by Gasteiger charge is -2.42. The van der Waals surface area contributed by atoms with Crippen LogP contribution in [0, 0.1) is 27.7 Å². The number of anilines is 3. The van der Waals surface area contributed by atoms with Crippen LogP contribution < -0.4 is 4.90 Å². The van der Waals surface area contributed by atoms with Crippen LogP contribution in [0.15, 0.2) is 140 Å². The number of fused-ring (bicyclic) bond motifs is 4. The maximum atomic E-state index is 5.04. The molecule has 2 aromatic heterocycles. The number of thiazole rings is 2. The second-order valence-corrected chi connectivity index (χ2v) is 17.8. The number of aryl methyl sites for hydroxylation is 4. The molecule has 0 unspecified atom stereocenters. The Hall–Kier alpha value is -5.88. The summed E-state index contributed by atoms with van der Waals surface area (Å²) >= 11 is 3.53. The molecule has 0 atom stereocenters. The molecule has 0 radical (unpaired) electrons. The average Bonchev–Trinajstić information content (AvgIpc) is 3.84. The lowest BCUT2D eigenvalue weighted by atomic mass is 9.73. The molecule has 9 aromatic rings. The van der Waals surface area contributed by atoms with E-state index >= 15 is 0 Å². The van der Waals surface area contributed by atoms with E-state index in [2.05, 4.69) is 186 Å². The van der Waals surface area contributed by atoms with E-state index in [1.807, 2.05) is 0 Å². The van der Waals surface area contributed by atoms with Gasteiger partial charge in [0.05, 0.1) is 31.8 Å². The Kier molecular flexibility index (Phi) is 8.10. The molecule has 1 aliphatic heterocycles. The van der Waals surface area contributed by atoms with Gasteiger partial charge in [0.2, 0.25) is 0 Å². The fraction of sp³-hybridized carbons (Fsp3) is 0.137. The van der Waals surface area contributed by atoms with Gasteiger partial charge in [0.15, 0.2) is 0 Å². The molecule has 3 heterocycles. The zero-order valence-corrected chi connectivity index (χ0v) is 34.1. The number of aromatic nitrogens is 2. The molecule has 56 heavy (non-hydrogen) atoms. The van der Waals surface area contributed by atoms with E-state index in [9.17, 15) is 0 Å². The van der Waals surface area contributed by atoms with Gasteiger partial charge in [-0.05, 0) is 150 Å². The van der Waals surface area contributed by atoms with E-state index in [-0.39, 0.29) is 5.41 Å². The summed E-state index contributed by atoms with van der Waals surface area (Å²) in [5.74, 6) is 0. The number of rotatable bonds is 5. The number of nitrogens with zero attached hydrogens (tertiary/aromatic N) is 3. The minimum absolute atomic E-state index is 0.140. The van der Waals surface area contributed by atoms with Crippen molar-refractivity contribution in [1.82, 2.24) is 9.97 Å². The number of hydrogen-bond donors (Lipinski definition) is 0. The van der Waals surface area contributed by atoms with Crippen LogP contribution in [0.25, 0.3) is 63.8 Å². The first-order valence-electron chi connectivity index (χ1n) is 19.2. The first kappa shape index (κ1) is 34.6. The average molecular weight is 760 g/mol. The normalized spacial score (nSPS) is 13.3. The highest BCUT2D eigenvalue weighted by molar-refractivity contribution is 7.22. The molecule has 0 saturated heterocycles.